The number of piperidine rings is 1. The first kappa shape index (κ1) is 20.3. The minimum atomic E-state index is -0.800. The summed E-state index contributed by atoms with van der Waals surface area (Å²) in [6, 6.07) is 4.33. The van der Waals surface area contributed by atoms with Crippen molar-refractivity contribution in [1.82, 2.24) is 10.1 Å². The number of carbonyl (C=O) groups is 2. The lowest BCUT2D eigenvalue weighted by molar-refractivity contribution is -0.138. The lowest BCUT2D eigenvalue weighted by Crippen LogP contribution is -2.45. The number of aryl methyl sites for hydroxylation is 1. The van der Waals surface area contributed by atoms with Crippen LogP contribution in [0, 0.1) is 12.7 Å². The summed E-state index contributed by atoms with van der Waals surface area (Å²) in [7, 11) is 0. The van der Waals surface area contributed by atoms with Gasteiger partial charge in [-0.2, -0.15) is 0 Å². The molecule has 1 aliphatic rings. The van der Waals surface area contributed by atoms with Gasteiger partial charge >= 0.3 is 5.97 Å². The number of aromatic nitrogens is 1. The molecule has 1 aliphatic heterocycles. The summed E-state index contributed by atoms with van der Waals surface area (Å²) in [4.78, 5) is 26.9. The molecule has 0 bridgehead atoms. The Hall–Kier alpha value is -2.41. The lowest BCUT2D eigenvalue weighted by Gasteiger charge is -2.35. The monoisotopic (exact) mass is 408 g/mol. The van der Waals surface area contributed by atoms with E-state index in [-0.39, 0.29) is 46.2 Å². The molecule has 1 aromatic heterocycles. The molecule has 0 saturated carbocycles. The SMILES string of the molecule is CC[C@H]1CCCCN1C(=O)COC(=O)c1c(-c2c(F)cccc2Cl)noc1C. The molecular weight excluding hydrogens is 387 g/mol. The van der Waals surface area contributed by atoms with Crippen LogP contribution in [0.25, 0.3) is 11.3 Å². The molecule has 8 heteroatoms. The predicted octanol–water partition coefficient (Wildman–Crippen LogP) is 4.39. The van der Waals surface area contributed by atoms with Gasteiger partial charge in [0, 0.05) is 12.6 Å². The third-order valence-corrected chi connectivity index (χ3v) is 5.33. The van der Waals surface area contributed by atoms with Crippen molar-refractivity contribution in [2.75, 3.05) is 13.2 Å². The number of hydrogen-bond acceptors (Lipinski definition) is 5. The normalized spacial score (nSPS) is 16.9. The Labute approximate surface area is 167 Å². The highest BCUT2D eigenvalue weighted by atomic mass is 35.5. The summed E-state index contributed by atoms with van der Waals surface area (Å²) in [6.07, 6.45) is 3.85. The Bertz CT molecular complexity index is 863. The van der Waals surface area contributed by atoms with Crippen LogP contribution in [0.5, 0.6) is 0 Å². The molecule has 2 aromatic rings. The largest absolute Gasteiger partial charge is 0.452 e. The molecule has 1 fully saturated rings. The molecule has 0 N–H and O–H groups in total. The fraction of sp³-hybridized carbons (Fsp3) is 0.450. The van der Waals surface area contributed by atoms with Gasteiger partial charge in [-0.15, -0.1) is 0 Å². The maximum atomic E-state index is 14.2. The Morgan fingerprint density at radius 3 is 2.89 bits per heavy atom. The second-order valence-electron chi connectivity index (χ2n) is 6.78. The predicted molar refractivity (Wildman–Crippen MR) is 102 cm³/mol. The Morgan fingerprint density at radius 1 is 1.39 bits per heavy atom. The molecule has 0 radical (unpaired) electrons. The Balaban J connectivity index is 1.77. The van der Waals surface area contributed by atoms with E-state index in [2.05, 4.69) is 5.16 Å². The molecule has 1 saturated heterocycles. The quantitative estimate of drug-likeness (QED) is 0.686. The molecule has 0 spiro atoms. The van der Waals surface area contributed by atoms with Crippen molar-refractivity contribution in [2.45, 2.75) is 45.6 Å². The van der Waals surface area contributed by atoms with E-state index in [9.17, 15) is 14.0 Å². The summed E-state index contributed by atoms with van der Waals surface area (Å²) >= 11 is 6.08. The number of amides is 1. The zero-order valence-electron chi connectivity index (χ0n) is 15.8. The molecular formula is C20H22ClFN2O4. The molecule has 3 rings (SSSR count). The van der Waals surface area contributed by atoms with Crippen LogP contribution < -0.4 is 0 Å². The van der Waals surface area contributed by atoms with Gasteiger partial charge in [-0.25, -0.2) is 9.18 Å². The van der Waals surface area contributed by atoms with E-state index in [0.29, 0.717) is 6.54 Å². The number of esters is 1. The number of carbonyl (C=O) groups excluding carboxylic acids is 2. The highest BCUT2D eigenvalue weighted by molar-refractivity contribution is 6.33. The van der Waals surface area contributed by atoms with Crippen molar-refractivity contribution < 1.29 is 23.2 Å². The van der Waals surface area contributed by atoms with Gasteiger partial charge in [0.05, 0.1) is 10.6 Å². The summed E-state index contributed by atoms with van der Waals surface area (Å²) in [5, 5.41) is 3.87. The van der Waals surface area contributed by atoms with Crippen molar-refractivity contribution in [3.63, 3.8) is 0 Å². The van der Waals surface area contributed by atoms with Crippen LogP contribution in [-0.4, -0.2) is 41.1 Å². The van der Waals surface area contributed by atoms with Gasteiger partial charge in [-0.1, -0.05) is 29.7 Å². The van der Waals surface area contributed by atoms with E-state index in [1.165, 1.54) is 25.1 Å². The summed E-state index contributed by atoms with van der Waals surface area (Å²) in [5.74, 6) is -1.51. The standard InChI is InChI=1S/C20H22ClFN2O4/c1-3-13-7-4-5-10-24(13)16(25)11-27-20(26)17-12(2)28-23-19(17)18-14(21)8-6-9-15(18)22/h6,8-9,13H,3-5,7,10-11H2,1-2H3/t13-/m0/s1. The number of benzene rings is 1. The highest BCUT2D eigenvalue weighted by Crippen LogP contribution is 2.33. The van der Waals surface area contributed by atoms with E-state index in [1.807, 2.05) is 6.92 Å². The van der Waals surface area contributed by atoms with Gasteiger partial charge in [0.2, 0.25) is 0 Å². The zero-order valence-corrected chi connectivity index (χ0v) is 16.6. The Morgan fingerprint density at radius 2 is 2.18 bits per heavy atom. The summed E-state index contributed by atoms with van der Waals surface area (Å²) in [6.45, 7) is 3.83. The van der Waals surface area contributed by atoms with Crippen LogP contribution >= 0.6 is 11.6 Å². The van der Waals surface area contributed by atoms with Crippen molar-refractivity contribution in [1.29, 1.82) is 0 Å². The van der Waals surface area contributed by atoms with Crippen LogP contribution in [0.2, 0.25) is 5.02 Å². The lowest BCUT2D eigenvalue weighted by atomic mass is 10.00. The average Bonchev–Trinajstić information content (AvgIpc) is 3.06. The molecule has 1 atom stereocenters. The zero-order chi connectivity index (χ0) is 20.3. The molecule has 28 heavy (non-hydrogen) atoms. The van der Waals surface area contributed by atoms with Crippen molar-refractivity contribution in [3.05, 3.63) is 40.4 Å². The third kappa shape index (κ3) is 4.04. The van der Waals surface area contributed by atoms with Crippen LogP contribution in [0.15, 0.2) is 22.7 Å². The van der Waals surface area contributed by atoms with Gasteiger partial charge in [0.25, 0.3) is 5.91 Å². The topological polar surface area (TPSA) is 72.6 Å². The van der Waals surface area contributed by atoms with Gasteiger partial charge in [-0.05, 0) is 44.7 Å². The van der Waals surface area contributed by atoms with E-state index in [0.717, 1.165) is 25.7 Å². The van der Waals surface area contributed by atoms with Crippen molar-refractivity contribution >= 4 is 23.5 Å². The molecule has 2 heterocycles. The van der Waals surface area contributed by atoms with E-state index < -0.39 is 11.8 Å². The maximum absolute atomic E-state index is 14.2. The van der Waals surface area contributed by atoms with E-state index in [4.69, 9.17) is 20.9 Å². The number of hydrogen-bond donors (Lipinski definition) is 0. The number of halogens is 2. The average molecular weight is 409 g/mol. The van der Waals surface area contributed by atoms with E-state index in [1.54, 1.807) is 4.90 Å². The molecule has 150 valence electrons. The van der Waals surface area contributed by atoms with Crippen LogP contribution in [0.3, 0.4) is 0 Å². The molecule has 1 amide bonds. The van der Waals surface area contributed by atoms with Crippen LogP contribution in [0.1, 0.15) is 48.7 Å². The van der Waals surface area contributed by atoms with Gasteiger partial charge < -0.3 is 14.2 Å². The van der Waals surface area contributed by atoms with E-state index >= 15 is 0 Å². The van der Waals surface area contributed by atoms with Gasteiger partial charge in [0.15, 0.2) is 6.61 Å². The summed E-state index contributed by atoms with van der Waals surface area (Å²) < 4.78 is 24.5. The minimum absolute atomic E-state index is 0.0366. The summed E-state index contributed by atoms with van der Waals surface area (Å²) in [5.41, 5.74) is -0.116. The molecule has 6 nitrogen and oxygen atoms in total. The first-order valence-corrected chi connectivity index (χ1v) is 9.69. The minimum Gasteiger partial charge on any atom is -0.452 e. The van der Waals surface area contributed by atoms with Gasteiger partial charge in [0.1, 0.15) is 22.8 Å². The smallest absolute Gasteiger partial charge is 0.344 e. The van der Waals surface area contributed by atoms with Crippen molar-refractivity contribution in [2.24, 2.45) is 0 Å². The first-order valence-electron chi connectivity index (χ1n) is 9.31. The molecule has 1 aromatic carbocycles. The second kappa shape index (κ2) is 8.73. The fourth-order valence-electron chi connectivity index (χ4n) is 3.54. The third-order valence-electron chi connectivity index (χ3n) is 5.01. The Kier molecular flexibility index (Phi) is 6.34. The second-order valence-corrected chi connectivity index (χ2v) is 7.19. The highest BCUT2D eigenvalue weighted by Gasteiger charge is 2.29. The number of likely N-dealkylation sites (tertiary alicyclic amines) is 1. The molecule has 0 unspecified atom stereocenters. The molecule has 0 aliphatic carbocycles. The number of rotatable bonds is 5. The first-order chi connectivity index (χ1) is 13.4. The fourth-order valence-corrected chi connectivity index (χ4v) is 3.80. The van der Waals surface area contributed by atoms with Crippen LogP contribution in [-0.2, 0) is 9.53 Å². The number of ether oxygens (including phenoxy) is 1. The van der Waals surface area contributed by atoms with Crippen LogP contribution in [0.4, 0.5) is 4.39 Å². The number of nitrogens with zero attached hydrogens (tertiary/aromatic N) is 2. The van der Waals surface area contributed by atoms with Gasteiger partial charge in [-0.3, -0.25) is 4.79 Å². The van der Waals surface area contributed by atoms with Crippen molar-refractivity contribution in [3.8, 4) is 11.3 Å². The maximum Gasteiger partial charge on any atom is 0.344 e.